The molecule has 1 aromatic heterocycles. The highest BCUT2D eigenvalue weighted by Gasteiger charge is 2.15. The number of nitrogen functional groups attached to an aromatic ring is 1. The van der Waals surface area contributed by atoms with Crippen LogP contribution in [0.4, 0.5) is 5.69 Å². The Morgan fingerprint density at radius 1 is 1.21 bits per heavy atom. The van der Waals surface area contributed by atoms with E-state index in [1.54, 1.807) is 12.3 Å². The normalized spacial score (nSPS) is 13.4. The van der Waals surface area contributed by atoms with E-state index in [-0.39, 0.29) is 6.79 Å². The number of benzene rings is 1. The first-order chi connectivity index (χ1) is 6.84. The molecule has 4 nitrogen and oxygen atoms in total. The minimum absolute atomic E-state index is 0.269. The molecule has 0 spiro atoms. The summed E-state index contributed by atoms with van der Waals surface area (Å²) in [6, 6.07) is 5.47. The van der Waals surface area contributed by atoms with E-state index in [4.69, 9.17) is 15.2 Å². The van der Waals surface area contributed by atoms with Crippen LogP contribution in [0.5, 0.6) is 11.5 Å². The van der Waals surface area contributed by atoms with Gasteiger partial charge in [-0.3, -0.25) is 4.98 Å². The number of hydrogen-bond donors (Lipinski definition) is 1. The molecule has 1 aromatic carbocycles. The van der Waals surface area contributed by atoms with Crippen molar-refractivity contribution in [3.8, 4) is 11.5 Å². The molecule has 0 fully saturated rings. The van der Waals surface area contributed by atoms with Crippen LogP contribution < -0.4 is 15.2 Å². The molecular formula is C10H8N2O2. The lowest BCUT2D eigenvalue weighted by Crippen LogP contribution is -1.92. The molecule has 0 saturated heterocycles. The van der Waals surface area contributed by atoms with E-state index < -0.39 is 0 Å². The Morgan fingerprint density at radius 2 is 2.00 bits per heavy atom. The van der Waals surface area contributed by atoms with Crippen molar-refractivity contribution in [2.75, 3.05) is 12.5 Å². The van der Waals surface area contributed by atoms with E-state index in [2.05, 4.69) is 4.98 Å². The molecule has 1 aliphatic rings. The van der Waals surface area contributed by atoms with Crippen LogP contribution in [0.15, 0.2) is 24.4 Å². The Kier molecular flexibility index (Phi) is 1.33. The number of anilines is 1. The fourth-order valence-electron chi connectivity index (χ4n) is 1.56. The van der Waals surface area contributed by atoms with Gasteiger partial charge in [-0.05, 0) is 12.1 Å². The van der Waals surface area contributed by atoms with Crippen LogP contribution in [0.1, 0.15) is 0 Å². The van der Waals surface area contributed by atoms with E-state index >= 15 is 0 Å². The molecule has 2 N–H and O–H groups in total. The minimum atomic E-state index is 0.269. The number of nitrogens with two attached hydrogens (primary N) is 1. The number of ether oxygens (including phenoxy) is 2. The van der Waals surface area contributed by atoms with Crippen molar-refractivity contribution in [1.29, 1.82) is 0 Å². The third kappa shape index (κ3) is 0.907. The lowest BCUT2D eigenvalue weighted by atomic mass is 10.1. The maximum absolute atomic E-state index is 5.81. The highest BCUT2D eigenvalue weighted by molar-refractivity contribution is 5.92. The van der Waals surface area contributed by atoms with Gasteiger partial charge in [-0.15, -0.1) is 0 Å². The lowest BCUT2D eigenvalue weighted by Gasteiger charge is -2.02. The summed E-state index contributed by atoms with van der Waals surface area (Å²) in [6.45, 7) is 0.269. The van der Waals surface area contributed by atoms with Crippen LogP contribution in [-0.2, 0) is 0 Å². The zero-order valence-electron chi connectivity index (χ0n) is 7.36. The fraction of sp³-hybridized carbons (Fsp3) is 0.100. The monoisotopic (exact) mass is 188 g/mol. The number of hydrogen-bond acceptors (Lipinski definition) is 4. The SMILES string of the molecule is Nc1ccnc2cc3c(cc12)OCO3. The molecule has 14 heavy (non-hydrogen) atoms. The second kappa shape index (κ2) is 2.51. The van der Waals surface area contributed by atoms with Crippen LogP contribution in [0.3, 0.4) is 0 Å². The van der Waals surface area contributed by atoms with Crippen molar-refractivity contribution in [2.24, 2.45) is 0 Å². The first-order valence-corrected chi connectivity index (χ1v) is 4.28. The van der Waals surface area contributed by atoms with Gasteiger partial charge in [0.1, 0.15) is 0 Å². The van der Waals surface area contributed by atoms with Gasteiger partial charge < -0.3 is 15.2 Å². The van der Waals surface area contributed by atoms with Crippen LogP contribution in [-0.4, -0.2) is 11.8 Å². The zero-order valence-corrected chi connectivity index (χ0v) is 7.36. The Balaban J connectivity index is 2.39. The maximum atomic E-state index is 5.81. The smallest absolute Gasteiger partial charge is 0.231 e. The first-order valence-electron chi connectivity index (χ1n) is 4.28. The van der Waals surface area contributed by atoms with Gasteiger partial charge in [-0.1, -0.05) is 0 Å². The molecule has 2 heterocycles. The van der Waals surface area contributed by atoms with E-state index in [0.29, 0.717) is 5.69 Å². The van der Waals surface area contributed by atoms with Crippen molar-refractivity contribution in [3.63, 3.8) is 0 Å². The molecule has 1 aliphatic heterocycles. The molecular weight excluding hydrogens is 180 g/mol. The largest absolute Gasteiger partial charge is 0.454 e. The van der Waals surface area contributed by atoms with Gasteiger partial charge >= 0.3 is 0 Å². The summed E-state index contributed by atoms with van der Waals surface area (Å²) in [6.07, 6.45) is 1.68. The van der Waals surface area contributed by atoms with Gasteiger partial charge in [-0.25, -0.2) is 0 Å². The number of rotatable bonds is 0. The summed E-state index contributed by atoms with van der Waals surface area (Å²) in [4.78, 5) is 4.20. The summed E-state index contributed by atoms with van der Waals surface area (Å²) < 4.78 is 10.5. The van der Waals surface area contributed by atoms with Gasteiger partial charge in [0.25, 0.3) is 0 Å². The van der Waals surface area contributed by atoms with Gasteiger partial charge in [0.2, 0.25) is 6.79 Å². The highest BCUT2D eigenvalue weighted by Crippen LogP contribution is 2.36. The minimum Gasteiger partial charge on any atom is -0.454 e. The number of aromatic nitrogens is 1. The molecule has 0 saturated carbocycles. The van der Waals surface area contributed by atoms with Gasteiger partial charge in [0, 0.05) is 23.3 Å². The van der Waals surface area contributed by atoms with Gasteiger partial charge in [0.15, 0.2) is 11.5 Å². The predicted octanol–water partition coefficient (Wildman–Crippen LogP) is 1.55. The van der Waals surface area contributed by atoms with E-state index in [0.717, 1.165) is 22.4 Å². The van der Waals surface area contributed by atoms with Gasteiger partial charge in [-0.2, -0.15) is 0 Å². The quantitative estimate of drug-likeness (QED) is 0.681. The topological polar surface area (TPSA) is 57.4 Å². The third-order valence-electron chi connectivity index (χ3n) is 2.27. The highest BCUT2D eigenvalue weighted by atomic mass is 16.7. The fourth-order valence-corrected chi connectivity index (χ4v) is 1.56. The molecule has 0 aliphatic carbocycles. The average molecular weight is 188 g/mol. The van der Waals surface area contributed by atoms with Crippen LogP contribution in [0.25, 0.3) is 10.9 Å². The molecule has 0 unspecified atom stereocenters. The Labute approximate surface area is 80.3 Å². The lowest BCUT2D eigenvalue weighted by molar-refractivity contribution is 0.174. The van der Waals surface area contributed by atoms with Crippen LogP contribution in [0, 0.1) is 0 Å². The maximum Gasteiger partial charge on any atom is 0.231 e. The summed E-state index contributed by atoms with van der Waals surface area (Å²) in [5, 5.41) is 0.900. The Bertz CT molecular complexity index is 511. The van der Waals surface area contributed by atoms with E-state index in [1.807, 2.05) is 12.1 Å². The molecule has 4 heteroatoms. The molecule has 2 aromatic rings. The van der Waals surface area contributed by atoms with Crippen molar-refractivity contribution in [2.45, 2.75) is 0 Å². The predicted molar refractivity (Wildman–Crippen MR) is 52.3 cm³/mol. The number of pyridine rings is 1. The van der Waals surface area contributed by atoms with E-state index in [1.165, 1.54) is 0 Å². The summed E-state index contributed by atoms with van der Waals surface area (Å²) in [5.41, 5.74) is 7.34. The molecule has 70 valence electrons. The number of fused-ring (bicyclic) bond motifs is 2. The molecule has 0 amide bonds. The van der Waals surface area contributed by atoms with Crippen molar-refractivity contribution < 1.29 is 9.47 Å². The molecule has 0 radical (unpaired) electrons. The van der Waals surface area contributed by atoms with Gasteiger partial charge in [0.05, 0.1) is 5.52 Å². The standard InChI is InChI=1S/C10H8N2O2/c11-7-1-2-12-8-4-10-9(3-6(7)8)13-5-14-10/h1-4H,5H2,(H2,11,12). The summed E-state index contributed by atoms with van der Waals surface area (Å²) in [7, 11) is 0. The third-order valence-corrected chi connectivity index (χ3v) is 2.27. The molecule has 0 atom stereocenters. The number of nitrogens with zero attached hydrogens (tertiary/aromatic N) is 1. The second-order valence-electron chi connectivity index (χ2n) is 3.12. The van der Waals surface area contributed by atoms with Crippen molar-refractivity contribution in [3.05, 3.63) is 24.4 Å². The molecule has 0 bridgehead atoms. The Hall–Kier alpha value is -1.97. The molecule has 3 rings (SSSR count). The van der Waals surface area contributed by atoms with E-state index in [9.17, 15) is 0 Å². The first kappa shape index (κ1) is 7.44. The van der Waals surface area contributed by atoms with Crippen LogP contribution in [0.2, 0.25) is 0 Å². The Morgan fingerprint density at radius 3 is 2.86 bits per heavy atom. The average Bonchev–Trinajstić information content (AvgIpc) is 2.62. The summed E-state index contributed by atoms with van der Waals surface area (Å²) in [5.74, 6) is 1.47. The van der Waals surface area contributed by atoms with Crippen molar-refractivity contribution in [1.82, 2.24) is 4.98 Å². The van der Waals surface area contributed by atoms with Crippen molar-refractivity contribution >= 4 is 16.6 Å². The van der Waals surface area contributed by atoms with Crippen LogP contribution >= 0.6 is 0 Å². The second-order valence-corrected chi connectivity index (χ2v) is 3.12. The zero-order chi connectivity index (χ0) is 9.54. The summed E-state index contributed by atoms with van der Waals surface area (Å²) >= 11 is 0.